The highest BCUT2D eigenvalue weighted by Gasteiger charge is 2.12. The van der Waals surface area contributed by atoms with Crippen LogP contribution in [0, 0.1) is 0 Å². The number of H-pyrrole nitrogens is 1. The first-order chi connectivity index (χ1) is 10.0. The van der Waals surface area contributed by atoms with Gasteiger partial charge in [-0.25, -0.2) is 0 Å². The zero-order valence-corrected chi connectivity index (χ0v) is 12.3. The average Bonchev–Trinajstić information content (AvgIpc) is 2.94. The van der Waals surface area contributed by atoms with Gasteiger partial charge < -0.3 is 15.3 Å². The fourth-order valence-corrected chi connectivity index (χ4v) is 2.42. The van der Waals surface area contributed by atoms with Gasteiger partial charge in [-0.3, -0.25) is 5.10 Å². The third-order valence-electron chi connectivity index (χ3n) is 3.08. The van der Waals surface area contributed by atoms with E-state index in [1.54, 1.807) is 6.07 Å². The van der Waals surface area contributed by atoms with E-state index in [-0.39, 0.29) is 0 Å². The van der Waals surface area contributed by atoms with Crippen LogP contribution in [0.3, 0.4) is 0 Å². The van der Waals surface area contributed by atoms with Crippen LogP contribution in [0.4, 0.5) is 0 Å². The predicted molar refractivity (Wildman–Crippen MR) is 82.2 cm³/mol. The average molecular weight is 347 g/mol. The van der Waals surface area contributed by atoms with Gasteiger partial charge in [0.2, 0.25) is 0 Å². The van der Waals surface area contributed by atoms with Crippen LogP contribution in [-0.4, -0.2) is 25.5 Å². The van der Waals surface area contributed by atoms with E-state index in [1.165, 1.54) is 12.1 Å². The number of nitrogens with one attached hydrogen (secondary N) is 1. The van der Waals surface area contributed by atoms with Crippen molar-refractivity contribution in [3.63, 3.8) is 0 Å². The van der Waals surface area contributed by atoms with Gasteiger partial charge in [0, 0.05) is 15.6 Å². The Labute approximate surface area is 128 Å². The van der Waals surface area contributed by atoms with E-state index in [4.69, 9.17) is 0 Å². The molecule has 0 atom stereocenters. The SMILES string of the molecule is Oc1cc(-c2cc(-c3cccc(Br)c3)[nH]n2)cc(O)c1O. The topological polar surface area (TPSA) is 89.4 Å². The van der Waals surface area contributed by atoms with Gasteiger partial charge in [-0.05, 0) is 30.3 Å². The van der Waals surface area contributed by atoms with Crippen LogP contribution in [-0.2, 0) is 0 Å². The number of aromatic amines is 1. The van der Waals surface area contributed by atoms with Crippen molar-refractivity contribution in [2.24, 2.45) is 0 Å². The number of benzene rings is 2. The Balaban J connectivity index is 2.02. The number of nitrogens with zero attached hydrogens (tertiary/aromatic N) is 1. The van der Waals surface area contributed by atoms with Crippen molar-refractivity contribution >= 4 is 15.9 Å². The van der Waals surface area contributed by atoms with Gasteiger partial charge in [-0.2, -0.15) is 5.10 Å². The van der Waals surface area contributed by atoms with Gasteiger partial charge in [0.15, 0.2) is 17.2 Å². The van der Waals surface area contributed by atoms with E-state index >= 15 is 0 Å². The number of halogens is 1. The highest BCUT2D eigenvalue weighted by atomic mass is 79.9. The summed E-state index contributed by atoms with van der Waals surface area (Å²) in [7, 11) is 0. The Morgan fingerprint density at radius 3 is 2.29 bits per heavy atom. The van der Waals surface area contributed by atoms with E-state index in [0.29, 0.717) is 11.3 Å². The first-order valence-corrected chi connectivity index (χ1v) is 6.90. The van der Waals surface area contributed by atoms with Crippen molar-refractivity contribution in [3.05, 3.63) is 46.9 Å². The molecule has 0 aliphatic carbocycles. The lowest BCUT2D eigenvalue weighted by Crippen LogP contribution is -1.79. The van der Waals surface area contributed by atoms with Crippen molar-refractivity contribution in [1.82, 2.24) is 10.2 Å². The summed E-state index contributed by atoms with van der Waals surface area (Å²) >= 11 is 3.41. The second-order valence-corrected chi connectivity index (χ2v) is 5.46. The van der Waals surface area contributed by atoms with Gasteiger partial charge in [0.1, 0.15) is 0 Å². The standard InChI is InChI=1S/C15H11BrN2O3/c16-10-3-1-2-8(4-10)11-7-12(18-17-11)9-5-13(19)15(21)14(20)6-9/h1-7,19-21H,(H,17,18). The van der Waals surface area contributed by atoms with Crippen LogP contribution in [0.25, 0.3) is 22.5 Å². The molecule has 6 heteroatoms. The maximum absolute atomic E-state index is 9.55. The summed E-state index contributed by atoms with van der Waals surface area (Å²) in [6.07, 6.45) is 0. The molecule has 0 saturated carbocycles. The smallest absolute Gasteiger partial charge is 0.200 e. The minimum atomic E-state index is -0.540. The highest BCUT2D eigenvalue weighted by Crippen LogP contribution is 2.38. The molecule has 0 spiro atoms. The Morgan fingerprint density at radius 1 is 0.905 bits per heavy atom. The zero-order chi connectivity index (χ0) is 15.0. The number of phenolic OH excluding ortho intramolecular Hbond substituents is 3. The molecule has 0 saturated heterocycles. The van der Waals surface area contributed by atoms with Crippen molar-refractivity contribution in [2.45, 2.75) is 0 Å². The Bertz CT molecular complexity index is 791. The van der Waals surface area contributed by atoms with E-state index in [0.717, 1.165) is 15.7 Å². The lowest BCUT2D eigenvalue weighted by atomic mass is 10.1. The third-order valence-corrected chi connectivity index (χ3v) is 3.57. The van der Waals surface area contributed by atoms with Crippen molar-refractivity contribution in [1.29, 1.82) is 0 Å². The molecule has 0 aliphatic heterocycles. The third kappa shape index (κ3) is 2.57. The summed E-state index contributed by atoms with van der Waals surface area (Å²) in [6, 6.07) is 12.2. The molecular weight excluding hydrogens is 336 g/mol. The second-order valence-electron chi connectivity index (χ2n) is 4.54. The molecule has 1 aromatic heterocycles. The molecule has 3 aromatic rings. The van der Waals surface area contributed by atoms with E-state index in [1.807, 2.05) is 24.3 Å². The molecule has 4 N–H and O–H groups in total. The maximum Gasteiger partial charge on any atom is 0.200 e. The van der Waals surface area contributed by atoms with E-state index in [2.05, 4.69) is 26.1 Å². The largest absolute Gasteiger partial charge is 0.504 e. The molecule has 0 aliphatic rings. The van der Waals surface area contributed by atoms with Crippen LogP contribution in [0.15, 0.2) is 46.9 Å². The van der Waals surface area contributed by atoms with Crippen molar-refractivity contribution < 1.29 is 15.3 Å². The van der Waals surface area contributed by atoms with Gasteiger partial charge in [-0.15, -0.1) is 0 Å². The van der Waals surface area contributed by atoms with Crippen LogP contribution in [0.1, 0.15) is 0 Å². The highest BCUT2D eigenvalue weighted by molar-refractivity contribution is 9.10. The normalized spacial score (nSPS) is 10.7. The minimum absolute atomic E-state index is 0.392. The number of aromatic nitrogens is 2. The monoisotopic (exact) mass is 346 g/mol. The molecule has 1 heterocycles. The summed E-state index contributed by atoms with van der Waals surface area (Å²) in [5.41, 5.74) is 2.81. The van der Waals surface area contributed by atoms with Crippen LogP contribution in [0.2, 0.25) is 0 Å². The van der Waals surface area contributed by atoms with E-state index < -0.39 is 17.2 Å². The minimum Gasteiger partial charge on any atom is -0.504 e. The van der Waals surface area contributed by atoms with Gasteiger partial charge in [-0.1, -0.05) is 28.1 Å². The van der Waals surface area contributed by atoms with Gasteiger partial charge in [0.25, 0.3) is 0 Å². The molecule has 106 valence electrons. The van der Waals surface area contributed by atoms with E-state index in [9.17, 15) is 15.3 Å². The summed E-state index contributed by atoms with van der Waals surface area (Å²) in [5, 5.41) is 35.5. The summed E-state index contributed by atoms with van der Waals surface area (Å²) < 4.78 is 0.955. The molecule has 5 nitrogen and oxygen atoms in total. The first kappa shape index (κ1) is 13.5. The molecule has 21 heavy (non-hydrogen) atoms. The molecule has 3 rings (SSSR count). The van der Waals surface area contributed by atoms with Crippen LogP contribution < -0.4 is 0 Å². The number of aromatic hydroxyl groups is 3. The summed E-state index contributed by atoms with van der Waals surface area (Å²) in [5.74, 6) is -1.32. The van der Waals surface area contributed by atoms with Crippen LogP contribution >= 0.6 is 15.9 Å². The summed E-state index contributed by atoms with van der Waals surface area (Å²) in [6.45, 7) is 0. The van der Waals surface area contributed by atoms with Crippen molar-refractivity contribution in [3.8, 4) is 39.8 Å². The number of phenols is 3. The fourth-order valence-electron chi connectivity index (χ4n) is 2.03. The quantitative estimate of drug-likeness (QED) is 0.533. The van der Waals surface area contributed by atoms with Gasteiger partial charge in [0.05, 0.1) is 11.4 Å². The first-order valence-electron chi connectivity index (χ1n) is 6.11. The molecule has 0 radical (unpaired) electrons. The molecule has 2 aromatic carbocycles. The molecule has 0 fully saturated rings. The number of hydrogen-bond acceptors (Lipinski definition) is 4. The van der Waals surface area contributed by atoms with Gasteiger partial charge >= 0.3 is 0 Å². The Hall–Kier alpha value is -2.47. The zero-order valence-electron chi connectivity index (χ0n) is 10.7. The molecule has 0 unspecified atom stereocenters. The predicted octanol–water partition coefficient (Wildman–Crippen LogP) is 3.62. The molecule has 0 amide bonds. The van der Waals surface area contributed by atoms with Crippen molar-refractivity contribution in [2.75, 3.05) is 0 Å². The Morgan fingerprint density at radius 2 is 1.62 bits per heavy atom. The molecule has 0 bridgehead atoms. The fraction of sp³-hybridized carbons (Fsp3) is 0. The number of rotatable bonds is 2. The maximum atomic E-state index is 9.55. The lowest BCUT2D eigenvalue weighted by molar-refractivity contribution is 0.368. The Kier molecular flexibility index (Phi) is 3.31. The molecular formula is C15H11BrN2O3. The number of hydrogen-bond donors (Lipinski definition) is 4. The van der Waals surface area contributed by atoms with Crippen LogP contribution in [0.5, 0.6) is 17.2 Å². The summed E-state index contributed by atoms with van der Waals surface area (Å²) in [4.78, 5) is 0. The lowest BCUT2D eigenvalue weighted by Gasteiger charge is -2.03. The second kappa shape index (κ2) is 5.14.